The molecule has 2 rings (SSSR count). The molecule has 0 unspecified atom stereocenters. The summed E-state index contributed by atoms with van der Waals surface area (Å²) in [6.45, 7) is 5.74. The van der Waals surface area contributed by atoms with Gasteiger partial charge in [0.1, 0.15) is 0 Å². The van der Waals surface area contributed by atoms with Crippen LogP contribution in [0.15, 0.2) is 24.4 Å². The molecule has 1 heterocycles. The Morgan fingerprint density at radius 1 is 1.16 bits per heavy atom. The fourth-order valence-electron chi connectivity index (χ4n) is 2.33. The van der Waals surface area contributed by atoms with Crippen LogP contribution in [-0.2, 0) is 6.18 Å². The third-order valence-electron chi connectivity index (χ3n) is 3.39. The highest BCUT2D eigenvalue weighted by Crippen LogP contribution is 2.36. The van der Waals surface area contributed by atoms with Gasteiger partial charge in [0.2, 0.25) is 5.95 Å². The van der Waals surface area contributed by atoms with Crippen molar-refractivity contribution in [1.82, 2.24) is 15.2 Å². The Hall–Kier alpha value is -2.09. The summed E-state index contributed by atoms with van der Waals surface area (Å²) in [5.41, 5.74) is -0.727. The van der Waals surface area contributed by atoms with Gasteiger partial charge in [-0.15, -0.1) is 5.10 Å². The van der Waals surface area contributed by atoms with Gasteiger partial charge in [0.25, 0.3) is 0 Å². The second-order valence-corrected chi connectivity index (χ2v) is 5.85. The molecule has 0 aliphatic carbocycles. The number of nitrogens with one attached hydrogen (secondary N) is 1. The van der Waals surface area contributed by atoms with E-state index >= 15 is 0 Å². The lowest BCUT2D eigenvalue weighted by atomic mass is 10.2. The first kappa shape index (κ1) is 19.2. The standard InChI is InChI=1S/C16H19ClF3N5/c1-3-7-25(8-4-2)14-10-21-24-15(23-14)22-11-5-6-13(17)12(9-11)16(18,19)20/h5-6,9-10H,3-4,7-8H2,1-2H3,(H,22,23,24). The summed E-state index contributed by atoms with van der Waals surface area (Å²) in [5, 5.41) is 10.1. The molecule has 1 N–H and O–H groups in total. The minimum atomic E-state index is -4.53. The predicted molar refractivity (Wildman–Crippen MR) is 92.4 cm³/mol. The third-order valence-corrected chi connectivity index (χ3v) is 3.71. The van der Waals surface area contributed by atoms with E-state index in [1.54, 1.807) is 6.20 Å². The molecular weight excluding hydrogens is 355 g/mol. The molecule has 0 amide bonds. The topological polar surface area (TPSA) is 53.9 Å². The molecule has 1 aromatic heterocycles. The number of benzene rings is 1. The van der Waals surface area contributed by atoms with Crippen LogP contribution in [0.1, 0.15) is 32.3 Å². The van der Waals surface area contributed by atoms with Crippen molar-refractivity contribution >= 4 is 29.1 Å². The Balaban J connectivity index is 2.25. The maximum atomic E-state index is 12.9. The van der Waals surface area contributed by atoms with Crippen molar-refractivity contribution < 1.29 is 13.2 Å². The second kappa shape index (κ2) is 8.33. The summed E-state index contributed by atoms with van der Waals surface area (Å²) < 4.78 is 38.8. The number of alkyl halides is 3. The largest absolute Gasteiger partial charge is 0.417 e. The van der Waals surface area contributed by atoms with E-state index in [9.17, 15) is 13.2 Å². The molecule has 136 valence electrons. The van der Waals surface area contributed by atoms with Crippen LogP contribution < -0.4 is 10.2 Å². The lowest BCUT2D eigenvalue weighted by molar-refractivity contribution is -0.137. The highest BCUT2D eigenvalue weighted by atomic mass is 35.5. The number of rotatable bonds is 7. The van der Waals surface area contributed by atoms with Crippen molar-refractivity contribution in [2.45, 2.75) is 32.9 Å². The van der Waals surface area contributed by atoms with Crippen LogP contribution in [0.25, 0.3) is 0 Å². The van der Waals surface area contributed by atoms with Gasteiger partial charge in [-0.2, -0.15) is 23.3 Å². The van der Waals surface area contributed by atoms with Crippen molar-refractivity contribution in [1.29, 1.82) is 0 Å². The van der Waals surface area contributed by atoms with Crippen LogP contribution in [0.2, 0.25) is 5.02 Å². The smallest absolute Gasteiger partial charge is 0.355 e. The normalized spacial score (nSPS) is 11.4. The summed E-state index contributed by atoms with van der Waals surface area (Å²) in [5.74, 6) is 0.761. The molecule has 25 heavy (non-hydrogen) atoms. The van der Waals surface area contributed by atoms with Crippen LogP contribution in [-0.4, -0.2) is 28.3 Å². The quantitative estimate of drug-likeness (QED) is 0.747. The van der Waals surface area contributed by atoms with Gasteiger partial charge in [-0.3, -0.25) is 0 Å². The summed E-state index contributed by atoms with van der Waals surface area (Å²) >= 11 is 5.62. The number of aromatic nitrogens is 3. The fraction of sp³-hybridized carbons (Fsp3) is 0.438. The SMILES string of the molecule is CCCN(CCC)c1cnnc(Nc2ccc(Cl)c(C(F)(F)F)c2)n1. The summed E-state index contributed by atoms with van der Waals surface area (Å²) in [6, 6.07) is 3.54. The molecular formula is C16H19ClF3N5. The summed E-state index contributed by atoms with van der Waals surface area (Å²) in [4.78, 5) is 6.41. The maximum absolute atomic E-state index is 12.9. The zero-order chi connectivity index (χ0) is 18.4. The molecule has 9 heteroatoms. The van der Waals surface area contributed by atoms with Gasteiger partial charge < -0.3 is 10.2 Å². The van der Waals surface area contributed by atoms with Gasteiger partial charge in [0.05, 0.1) is 16.8 Å². The average molecular weight is 374 g/mol. The van der Waals surface area contributed by atoms with Gasteiger partial charge in [-0.25, -0.2) is 0 Å². The molecule has 1 aromatic carbocycles. The highest BCUT2D eigenvalue weighted by molar-refractivity contribution is 6.31. The van der Waals surface area contributed by atoms with E-state index in [0.717, 1.165) is 32.0 Å². The van der Waals surface area contributed by atoms with Crippen molar-refractivity contribution in [2.75, 3.05) is 23.3 Å². The van der Waals surface area contributed by atoms with Gasteiger partial charge in [0.15, 0.2) is 5.82 Å². The number of halogens is 4. The average Bonchev–Trinajstić information content (AvgIpc) is 2.56. The zero-order valence-corrected chi connectivity index (χ0v) is 14.7. The van der Waals surface area contributed by atoms with Crippen molar-refractivity contribution in [3.63, 3.8) is 0 Å². The van der Waals surface area contributed by atoms with Gasteiger partial charge in [0, 0.05) is 18.8 Å². The van der Waals surface area contributed by atoms with Gasteiger partial charge in [-0.1, -0.05) is 25.4 Å². The molecule has 0 fully saturated rings. The van der Waals surface area contributed by atoms with E-state index in [2.05, 4.69) is 39.2 Å². The third kappa shape index (κ3) is 5.19. The molecule has 2 aromatic rings. The summed E-state index contributed by atoms with van der Waals surface area (Å²) in [7, 11) is 0. The maximum Gasteiger partial charge on any atom is 0.417 e. The van der Waals surface area contributed by atoms with E-state index in [1.165, 1.54) is 12.1 Å². The van der Waals surface area contributed by atoms with Gasteiger partial charge >= 0.3 is 6.18 Å². The lowest BCUT2D eigenvalue weighted by Crippen LogP contribution is -2.26. The van der Waals surface area contributed by atoms with Crippen LogP contribution in [0.3, 0.4) is 0 Å². The predicted octanol–water partition coefficient (Wildman–Crippen LogP) is 4.91. The Labute approximate surface area is 149 Å². The molecule has 0 bridgehead atoms. The fourth-order valence-corrected chi connectivity index (χ4v) is 2.56. The molecule has 0 saturated carbocycles. The molecule has 0 aliphatic heterocycles. The Kier molecular flexibility index (Phi) is 6.41. The molecule has 0 saturated heterocycles. The first-order valence-electron chi connectivity index (χ1n) is 7.93. The second-order valence-electron chi connectivity index (χ2n) is 5.44. The van der Waals surface area contributed by atoms with Crippen LogP contribution >= 0.6 is 11.6 Å². The van der Waals surface area contributed by atoms with Crippen molar-refractivity contribution in [3.8, 4) is 0 Å². The minimum Gasteiger partial charge on any atom is -0.355 e. The highest BCUT2D eigenvalue weighted by Gasteiger charge is 2.33. The zero-order valence-electron chi connectivity index (χ0n) is 13.9. The van der Waals surface area contributed by atoms with E-state index < -0.39 is 11.7 Å². The Morgan fingerprint density at radius 3 is 2.44 bits per heavy atom. The number of nitrogens with zero attached hydrogens (tertiary/aromatic N) is 4. The molecule has 0 aliphatic rings. The molecule has 0 radical (unpaired) electrons. The molecule has 0 spiro atoms. The number of anilines is 3. The summed E-state index contributed by atoms with van der Waals surface area (Å²) in [6.07, 6.45) is -1.11. The van der Waals surface area contributed by atoms with Crippen LogP contribution in [0.4, 0.5) is 30.6 Å². The first-order chi connectivity index (χ1) is 11.8. The Morgan fingerprint density at radius 2 is 1.84 bits per heavy atom. The number of hydrogen-bond donors (Lipinski definition) is 1. The Bertz CT molecular complexity index is 702. The van der Waals surface area contributed by atoms with Crippen LogP contribution in [0.5, 0.6) is 0 Å². The molecule has 0 atom stereocenters. The van der Waals surface area contributed by atoms with Crippen molar-refractivity contribution in [3.05, 3.63) is 35.0 Å². The van der Waals surface area contributed by atoms with Crippen LogP contribution in [0, 0.1) is 0 Å². The van der Waals surface area contributed by atoms with E-state index in [-0.39, 0.29) is 16.7 Å². The van der Waals surface area contributed by atoms with E-state index in [1.807, 2.05) is 0 Å². The number of hydrogen-bond acceptors (Lipinski definition) is 5. The van der Waals surface area contributed by atoms with E-state index in [4.69, 9.17) is 11.6 Å². The molecule has 5 nitrogen and oxygen atoms in total. The minimum absolute atomic E-state index is 0.130. The monoisotopic (exact) mass is 373 g/mol. The van der Waals surface area contributed by atoms with Gasteiger partial charge in [-0.05, 0) is 31.0 Å². The van der Waals surface area contributed by atoms with E-state index in [0.29, 0.717) is 5.82 Å². The lowest BCUT2D eigenvalue weighted by Gasteiger charge is -2.22. The first-order valence-corrected chi connectivity index (χ1v) is 8.31. The van der Waals surface area contributed by atoms with Crippen molar-refractivity contribution in [2.24, 2.45) is 0 Å².